The van der Waals surface area contributed by atoms with Gasteiger partial charge in [0.1, 0.15) is 0 Å². The predicted octanol–water partition coefficient (Wildman–Crippen LogP) is 6.01. The molecule has 0 amide bonds. The van der Waals surface area contributed by atoms with Gasteiger partial charge in [-0.3, -0.25) is 0 Å². The fourth-order valence-electron chi connectivity index (χ4n) is 2.67. The van der Waals surface area contributed by atoms with Crippen LogP contribution in [0.1, 0.15) is 41.8 Å². The average Bonchev–Trinajstić information content (AvgIpc) is 2.87. The van der Waals surface area contributed by atoms with Crippen LogP contribution in [0, 0.1) is 0 Å². The Labute approximate surface area is 158 Å². The highest BCUT2D eigenvalue weighted by Crippen LogP contribution is 2.37. The number of carbonyl (C=O) groups is 1. The molecule has 25 heavy (non-hydrogen) atoms. The Bertz CT molecular complexity index is 779. The Kier molecular flexibility index (Phi) is 6.27. The molecule has 3 rings (SSSR count). The number of benzene rings is 2. The monoisotopic (exact) mass is 370 g/mol. The van der Waals surface area contributed by atoms with E-state index in [0.29, 0.717) is 12.2 Å². The summed E-state index contributed by atoms with van der Waals surface area (Å²) < 4.78 is 5.02. The molecule has 0 unspecified atom stereocenters. The predicted molar refractivity (Wildman–Crippen MR) is 108 cm³/mol. The topological polar surface area (TPSA) is 26.3 Å². The van der Waals surface area contributed by atoms with Gasteiger partial charge < -0.3 is 4.74 Å². The second kappa shape index (κ2) is 8.63. The highest BCUT2D eigenvalue weighted by Gasteiger charge is 2.10. The lowest BCUT2D eigenvalue weighted by Gasteiger charge is -2.09. The molecule has 0 saturated heterocycles. The fourth-order valence-corrected chi connectivity index (χ4v) is 5.01. The summed E-state index contributed by atoms with van der Waals surface area (Å²) in [4.78, 5) is 14.5. The number of hydrogen-bond acceptors (Lipinski definition) is 4. The van der Waals surface area contributed by atoms with E-state index in [1.165, 1.54) is 38.9 Å². The Hall–Kier alpha value is -1.65. The normalized spacial score (nSPS) is 14.6. The van der Waals surface area contributed by atoms with Crippen molar-refractivity contribution in [1.29, 1.82) is 0 Å². The lowest BCUT2D eigenvalue weighted by molar-refractivity contribution is 0.0526. The van der Waals surface area contributed by atoms with Crippen molar-refractivity contribution in [3.05, 3.63) is 59.2 Å². The van der Waals surface area contributed by atoms with E-state index < -0.39 is 0 Å². The molecule has 2 aromatic rings. The van der Waals surface area contributed by atoms with Gasteiger partial charge in [0.05, 0.1) is 12.2 Å². The van der Waals surface area contributed by atoms with Gasteiger partial charge in [-0.05, 0) is 72.7 Å². The summed E-state index contributed by atoms with van der Waals surface area (Å²) in [6.07, 6.45) is 3.42. The maximum Gasteiger partial charge on any atom is 0.338 e. The number of ether oxygens (including phenoxy) is 1. The molecule has 0 fully saturated rings. The van der Waals surface area contributed by atoms with Crippen molar-refractivity contribution < 1.29 is 9.53 Å². The molecule has 0 N–H and O–H groups in total. The molecule has 0 bridgehead atoms. The first-order valence-corrected chi connectivity index (χ1v) is 10.5. The summed E-state index contributed by atoms with van der Waals surface area (Å²) in [5.41, 5.74) is 4.15. The van der Waals surface area contributed by atoms with E-state index >= 15 is 0 Å². The standard InChI is InChI=1S/C21H22O2S2/c1-3-23-21(22)17-7-5-16(6-8-17)13-15(2)18-9-10-19-20(14-18)25-12-4-11-24-19/h5-10,13-14H,3-4,11-12H2,1-2H3. The molecule has 0 radical (unpaired) electrons. The van der Waals surface area contributed by atoms with Gasteiger partial charge >= 0.3 is 5.97 Å². The first-order valence-electron chi connectivity index (χ1n) is 8.53. The summed E-state index contributed by atoms with van der Waals surface area (Å²) in [7, 11) is 0. The van der Waals surface area contributed by atoms with Gasteiger partial charge in [-0.15, -0.1) is 23.5 Å². The van der Waals surface area contributed by atoms with Crippen molar-refractivity contribution in [2.75, 3.05) is 18.1 Å². The molecule has 0 saturated carbocycles. The van der Waals surface area contributed by atoms with Crippen molar-refractivity contribution in [2.45, 2.75) is 30.1 Å². The van der Waals surface area contributed by atoms with E-state index in [4.69, 9.17) is 4.74 Å². The van der Waals surface area contributed by atoms with Gasteiger partial charge in [0.15, 0.2) is 0 Å². The molecule has 2 nitrogen and oxygen atoms in total. The Morgan fingerprint density at radius 2 is 1.72 bits per heavy atom. The van der Waals surface area contributed by atoms with Gasteiger partial charge in [-0.2, -0.15) is 0 Å². The number of thioether (sulfide) groups is 2. The van der Waals surface area contributed by atoms with Crippen LogP contribution in [0.5, 0.6) is 0 Å². The minimum Gasteiger partial charge on any atom is -0.462 e. The minimum absolute atomic E-state index is 0.268. The molecule has 4 heteroatoms. The first-order chi connectivity index (χ1) is 12.2. The van der Waals surface area contributed by atoms with Crippen LogP contribution in [-0.4, -0.2) is 24.1 Å². The Morgan fingerprint density at radius 3 is 2.44 bits per heavy atom. The van der Waals surface area contributed by atoms with Crippen LogP contribution < -0.4 is 0 Å². The summed E-state index contributed by atoms with van der Waals surface area (Å²) in [6, 6.07) is 14.3. The lowest BCUT2D eigenvalue weighted by Crippen LogP contribution is -2.03. The van der Waals surface area contributed by atoms with Gasteiger partial charge in [0, 0.05) is 9.79 Å². The molecule has 0 spiro atoms. The van der Waals surface area contributed by atoms with Gasteiger partial charge in [-0.25, -0.2) is 4.79 Å². The lowest BCUT2D eigenvalue weighted by atomic mass is 10.0. The SMILES string of the molecule is CCOC(=O)c1ccc(C=C(C)c2ccc3c(c2)SCCCS3)cc1. The third kappa shape index (κ3) is 4.71. The number of allylic oxidation sites excluding steroid dienone is 1. The minimum atomic E-state index is -0.268. The maximum atomic E-state index is 11.7. The number of carbonyl (C=O) groups excluding carboxylic acids is 1. The van der Waals surface area contributed by atoms with Crippen LogP contribution in [0.2, 0.25) is 0 Å². The van der Waals surface area contributed by atoms with Crippen molar-refractivity contribution in [3.63, 3.8) is 0 Å². The van der Waals surface area contributed by atoms with Gasteiger partial charge in [0.25, 0.3) is 0 Å². The van der Waals surface area contributed by atoms with E-state index in [1.807, 2.05) is 54.7 Å². The van der Waals surface area contributed by atoms with E-state index in [1.54, 1.807) is 0 Å². The van der Waals surface area contributed by atoms with Crippen molar-refractivity contribution in [3.8, 4) is 0 Å². The zero-order chi connectivity index (χ0) is 17.6. The van der Waals surface area contributed by atoms with Crippen LogP contribution in [0.25, 0.3) is 11.6 Å². The van der Waals surface area contributed by atoms with E-state index in [-0.39, 0.29) is 5.97 Å². The molecular weight excluding hydrogens is 348 g/mol. The largest absolute Gasteiger partial charge is 0.462 e. The maximum absolute atomic E-state index is 11.7. The highest BCUT2D eigenvalue weighted by atomic mass is 32.2. The average molecular weight is 371 g/mol. The Balaban J connectivity index is 1.79. The molecular formula is C21H22O2S2. The quantitative estimate of drug-likeness (QED) is 0.486. The summed E-state index contributed by atoms with van der Waals surface area (Å²) in [5.74, 6) is 2.14. The van der Waals surface area contributed by atoms with Crippen LogP contribution in [0.3, 0.4) is 0 Å². The molecule has 1 aliphatic rings. The summed E-state index contributed by atoms with van der Waals surface area (Å²) in [5, 5.41) is 0. The second-order valence-corrected chi connectivity index (χ2v) is 8.16. The van der Waals surface area contributed by atoms with E-state index in [2.05, 4.69) is 31.2 Å². The molecule has 1 aliphatic heterocycles. The van der Waals surface area contributed by atoms with Crippen LogP contribution in [0.15, 0.2) is 52.3 Å². The van der Waals surface area contributed by atoms with E-state index in [0.717, 1.165) is 5.56 Å². The molecule has 2 aromatic carbocycles. The third-order valence-electron chi connectivity index (χ3n) is 4.01. The molecule has 0 aromatic heterocycles. The van der Waals surface area contributed by atoms with Gasteiger partial charge in [-0.1, -0.05) is 24.3 Å². The molecule has 0 atom stereocenters. The van der Waals surface area contributed by atoms with E-state index in [9.17, 15) is 4.79 Å². The number of rotatable bonds is 4. The molecule has 1 heterocycles. The third-order valence-corrected chi connectivity index (χ3v) is 6.44. The molecule has 130 valence electrons. The highest BCUT2D eigenvalue weighted by molar-refractivity contribution is 8.03. The van der Waals surface area contributed by atoms with Crippen molar-refractivity contribution >= 4 is 41.1 Å². The number of esters is 1. The number of hydrogen-bond donors (Lipinski definition) is 0. The van der Waals surface area contributed by atoms with Crippen molar-refractivity contribution in [2.24, 2.45) is 0 Å². The van der Waals surface area contributed by atoms with Crippen LogP contribution in [-0.2, 0) is 4.74 Å². The van der Waals surface area contributed by atoms with Gasteiger partial charge in [0.2, 0.25) is 0 Å². The van der Waals surface area contributed by atoms with Crippen molar-refractivity contribution in [1.82, 2.24) is 0 Å². The summed E-state index contributed by atoms with van der Waals surface area (Å²) in [6.45, 7) is 4.35. The zero-order valence-corrected chi connectivity index (χ0v) is 16.2. The Morgan fingerprint density at radius 1 is 1.04 bits per heavy atom. The van der Waals surface area contributed by atoms with Crippen LogP contribution >= 0.6 is 23.5 Å². The zero-order valence-electron chi connectivity index (χ0n) is 14.6. The first kappa shape index (κ1) is 18.2. The van der Waals surface area contributed by atoms with Crippen LogP contribution in [0.4, 0.5) is 0 Å². The fraction of sp³-hybridized carbons (Fsp3) is 0.286. The summed E-state index contributed by atoms with van der Waals surface area (Å²) >= 11 is 3.92. The number of fused-ring (bicyclic) bond motifs is 1. The molecule has 0 aliphatic carbocycles. The second-order valence-electron chi connectivity index (χ2n) is 5.88. The smallest absolute Gasteiger partial charge is 0.338 e.